The fourth-order valence-electron chi connectivity index (χ4n) is 1.77. The first-order chi connectivity index (χ1) is 7.83. The van der Waals surface area contributed by atoms with Crippen molar-refractivity contribution >= 4 is 28.5 Å². The topological polar surface area (TPSA) is 50.7 Å². The van der Waals surface area contributed by atoms with E-state index in [9.17, 15) is 0 Å². The summed E-state index contributed by atoms with van der Waals surface area (Å²) in [5, 5.41) is 3.85. The highest BCUT2D eigenvalue weighted by Gasteiger charge is 2.18. The number of nitrogens with zero attached hydrogens (tertiary/aromatic N) is 3. The van der Waals surface area contributed by atoms with Crippen LogP contribution in [0.15, 0.2) is 18.5 Å². The molecule has 4 nitrogen and oxygen atoms in total. The molecular weight excluding hydrogens is 224 g/mol. The monoisotopic (exact) mass is 234 g/mol. The van der Waals surface area contributed by atoms with Crippen LogP contribution in [0.3, 0.4) is 0 Å². The van der Waals surface area contributed by atoms with E-state index in [0.717, 1.165) is 16.9 Å². The zero-order chi connectivity index (χ0) is 11.0. The number of anilines is 1. The summed E-state index contributed by atoms with van der Waals surface area (Å²) in [6.45, 7) is 0. The fourth-order valence-corrected chi connectivity index (χ4v) is 1.92. The normalized spacial score (nSPS) is 16.1. The van der Waals surface area contributed by atoms with Crippen LogP contribution in [0.5, 0.6) is 0 Å². The van der Waals surface area contributed by atoms with Gasteiger partial charge in [0.1, 0.15) is 17.0 Å². The summed E-state index contributed by atoms with van der Waals surface area (Å²) < 4.78 is 0. The summed E-state index contributed by atoms with van der Waals surface area (Å²) in [4.78, 5) is 12.7. The van der Waals surface area contributed by atoms with Gasteiger partial charge in [0.15, 0.2) is 5.82 Å². The lowest BCUT2D eigenvalue weighted by Gasteiger charge is -2.27. The maximum atomic E-state index is 5.88. The van der Waals surface area contributed by atoms with Crippen LogP contribution in [0.4, 0.5) is 5.82 Å². The molecule has 0 bridgehead atoms. The van der Waals surface area contributed by atoms with Gasteiger partial charge in [-0.05, 0) is 31.4 Å². The van der Waals surface area contributed by atoms with E-state index in [-0.39, 0.29) is 0 Å². The maximum Gasteiger partial charge on any atom is 0.156 e. The Morgan fingerprint density at radius 2 is 2.12 bits per heavy atom. The number of fused-ring (bicyclic) bond motifs is 1. The Morgan fingerprint density at radius 1 is 1.25 bits per heavy atom. The SMILES string of the molecule is Clc1ccc2ncnc(NC3CCC3)c2n1. The van der Waals surface area contributed by atoms with Crippen molar-refractivity contribution in [3.63, 3.8) is 0 Å². The van der Waals surface area contributed by atoms with E-state index in [0.29, 0.717) is 11.2 Å². The van der Waals surface area contributed by atoms with Crippen LogP contribution >= 0.6 is 11.6 Å². The Hall–Kier alpha value is -1.42. The van der Waals surface area contributed by atoms with E-state index in [4.69, 9.17) is 11.6 Å². The van der Waals surface area contributed by atoms with E-state index in [2.05, 4.69) is 20.3 Å². The molecule has 1 saturated carbocycles. The number of hydrogen-bond acceptors (Lipinski definition) is 4. The number of aromatic nitrogens is 3. The number of pyridine rings is 1. The molecule has 0 aromatic carbocycles. The maximum absolute atomic E-state index is 5.88. The minimum Gasteiger partial charge on any atom is -0.365 e. The van der Waals surface area contributed by atoms with E-state index in [1.54, 1.807) is 12.4 Å². The molecule has 0 unspecified atom stereocenters. The third kappa shape index (κ3) is 1.69. The standard InChI is InChI=1S/C11H11ClN4/c12-9-5-4-8-10(16-9)11(14-6-13-8)15-7-2-1-3-7/h4-7H,1-3H2,(H,13,14,15). The largest absolute Gasteiger partial charge is 0.365 e. The molecular formula is C11H11ClN4. The van der Waals surface area contributed by atoms with Crippen LogP contribution in [0.25, 0.3) is 11.0 Å². The average Bonchev–Trinajstić information content (AvgIpc) is 2.23. The molecule has 3 rings (SSSR count). The Morgan fingerprint density at radius 3 is 2.88 bits per heavy atom. The molecule has 0 atom stereocenters. The molecule has 1 N–H and O–H groups in total. The highest BCUT2D eigenvalue weighted by Crippen LogP contribution is 2.25. The lowest BCUT2D eigenvalue weighted by Crippen LogP contribution is -2.27. The van der Waals surface area contributed by atoms with Crippen molar-refractivity contribution in [1.82, 2.24) is 15.0 Å². The molecule has 82 valence electrons. The third-order valence-corrected chi connectivity index (χ3v) is 3.10. The van der Waals surface area contributed by atoms with E-state index in [1.807, 2.05) is 6.07 Å². The van der Waals surface area contributed by atoms with Crippen molar-refractivity contribution in [2.45, 2.75) is 25.3 Å². The fraction of sp³-hybridized carbons (Fsp3) is 0.364. The zero-order valence-electron chi connectivity index (χ0n) is 8.65. The van der Waals surface area contributed by atoms with E-state index < -0.39 is 0 Å². The van der Waals surface area contributed by atoms with Gasteiger partial charge < -0.3 is 5.32 Å². The average molecular weight is 235 g/mol. The smallest absolute Gasteiger partial charge is 0.156 e. The summed E-state index contributed by atoms with van der Waals surface area (Å²) in [5.41, 5.74) is 1.57. The molecule has 2 aromatic heterocycles. The number of halogens is 1. The van der Waals surface area contributed by atoms with Gasteiger partial charge in [0, 0.05) is 6.04 Å². The highest BCUT2D eigenvalue weighted by atomic mass is 35.5. The molecule has 16 heavy (non-hydrogen) atoms. The second kappa shape index (κ2) is 3.87. The highest BCUT2D eigenvalue weighted by molar-refractivity contribution is 6.29. The predicted molar refractivity (Wildman–Crippen MR) is 63.6 cm³/mol. The lowest BCUT2D eigenvalue weighted by atomic mass is 9.93. The molecule has 1 aliphatic carbocycles. The molecule has 1 aliphatic rings. The van der Waals surface area contributed by atoms with Gasteiger partial charge in [0.05, 0.1) is 5.52 Å². The van der Waals surface area contributed by atoms with E-state index >= 15 is 0 Å². The molecule has 0 radical (unpaired) electrons. The molecule has 0 amide bonds. The molecule has 0 spiro atoms. The van der Waals surface area contributed by atoms with Crippen molar-refractivity contribution in [1.29, 1.82) is 0 Å². The molecule has 2 heterocycles. The van der Waals surface area contributed by atoms with Crippen LogP contribution in [-0.2, 0) is 0 Å². The predicted octanol–water partition coefficient (Wildman–Crippen LogP) is 2.64. The van der Waals surface area contributed by atoms with Gasteiger partial charge in [-0.15, -0.1) is 0 Å². The summed E-state index contributed by atoms with van der Waals surface area (Å²) >= 11 is 5.88. The van der Waals surface area contributed by atoms with Gasteiger partial charge >= 0.3 is 0 Å². The minimum absolute atomic E-state index is 0.471. The van der Waals surface area contributed by atoms with Crippen molar-refractivity contribution in [2.75, 3.05) is 5.32 Å². The number of nitrogens with one attached hydrogen (secondary N) is 1. The Bertz CT molecular complexity index is 524. The molecule has 2 aromatic rings. The lowest BCUT2D eigenvalue weighted by molar-refractivity contribution is 0.444. The summed E-state index contributed by atoms with van der Waals surface area (Å²) in [7, 11) is 0. The molecule has 0 saturated heterocycles. The molecule has 5 heteroatoms. The van der Waals surface area contributed by atoms with Crippen LogP contribution in [0, 0.1) is 0 Å². The van der Waals surface area contributed by atoms with Crippen molar-refractivity contribution < 1.29 is 0 Å². The number of hydrogen-bond donors (Lipinski definition) is 1. The van der Waals surface area contributed by atoms with Gasteiger partial charge in [-0.2, -0.15) is 0 Å². The first-order valence-electron chi connectivity index (χ1n) is 5.37. The van der Waals surface area contributed by atoms with Gasteiger partial charge in [0.25, 0.3) is 0 Å². The second-order valence-electron chi connectivity index (χ2n) is 4.00. The van der Waals surface area contributed by atoms with Crippen LogP contribution in [0.1, 0.15) is 19.3 Å². The quantitative estimate of drug-likeness (QED) is 0.812. The Labute approximate surface area is 98.1 Å². The van der Waals surface area contributed by atoms with Crippen molar-refractivity contribution in [3.05, 3.63) is 23.6 Å². The summed E-state index contributed by atoms with van der Waals surface area (Å²) in [6.07, 6.45) is 5.24. The second-order valence-corrected chi connectivity index (χ2v) is 4.38. The van der Waals surface area contributed by atoms with Gasteiger partial charge in [-0.25, -0.2) is 15.0 Å². The van der Waals surface area contributed by atoms with Crippen molar-refractivity contribution in [3.8, 4) is 0 Å². The molecule has 0 aliphatic heterocycles. The van der Waals surface area contributed by atoms with Gasteiger partial charge in [-0.1, -0.05) is 11.6 Å². The summed E-state index contributed by atoms with van der Waals surface area (Å²) in [5.74, 6) is 0.789. The zero-order valence-corrected chi connectivity index (χ0v) is 9.41. The molecule has 1 fully saturated rings. The number of rotatable bonds is 2. The third-order valence-electron chi connectivity index (χ3n) is 2.89. The summed E-state index contributed by atoms with van der Waals surface area (Å²) in [6, 6.07) is 4.13. The van der Waals surface area contributed by atoms with Crippen LogP contribution in [0.2, 0.25) is 5.15 Å². The van der Waals surface area contributed by atoms with Gasteiger partial charge in [0.2, 0.25) is 0 Å². The first-order valence-corrected chi connectivity index (χ1v) is 5.74. The van der Waals surface area contributed by atoms with Crippen LogP contribution in [-0.4, -0.2) is 21.0 Å². The minimum atomic E-state index is 0.471. The van der Waals surface area contributed by atoms with E-state index in [1.165, 1.54) is 19.3 Å². The van der Waals surface area contributed by atoms with Gasteiger partial charge in [-0.3, -0.25) is 0 Å². The first kappa shape index (κ1) is 9.78. The Kier molecular flexibility index (Phi) is 2.36. The Balaban J connectivity index is 2.04. The van der Waals surface area contributed by atoms with Crippen molar-refractivity contribution in [2.24, 2.45) is 0 Å². The van der Waals surface area contributed by atoms with Crippen LogP contribution < -0.4 is 5.32 Å².